The van der Waals surface area contributed by atoms with Crippen molar-refractivity contribution in [3.05, 3.63) is 24.3 Å². The highest BCUT2D eigenvalue weighted by Gasteiger charge is 2.38. The molecule has 1 aliphatic rings. The number of hydrogen-bond donors (Lipinski definition) is 3. The number of benzene rings is 1. The fourth-order valence-electron chi connectivity index (χ4n) is 1.92. The van der Waals surface area contributed by atoms with Gasteiger partial charge in [-0.05, 0) is 25.6 Å². The van der Waals surface area contributed by atoms with Crippen LogP contribution in [0.3, 0.4) is 0 Å². The van der Waals surface area contributed by atoms with Gasteiger partial charge in [-0.2, -0.15) is 0 Å². The fraction of sp³-hybridized carbons (Fsp3) is 0.417. The summed E-state index contributed by atoms with van der Waals surface area (Å²) in [6, 6.07) is 6.15. The van der Waals surface area contributed by atoms with Gasteiger partial charge in [0.1, 0.15) is 10.4 Å². The molecule has 1 amide bonds. The Morgan fingerprint density at radius 2 is 2.10 bits per heavy atom. The summed E-state index contributed by atoms with van der Waals surface area (Å²) in [6.45, 7) is 0.542. The second kappa shape index (κ2) is 5.49. The monoisotopic (exact) mass is 299 g/mol. The van der Waals surface area contributed by atoms with Crippen molar-refractivity contribution in [3.8, 4) is 0 Å². The third-order valence-electron chi connectivity index (χ3n) is 3.20. The maximum Gasteiger partial charge on any atom is 0.246 e. The van der Waals surface area contributed by atoms with Crippen LogP contribution < -0.4 is 15.8 Å². The molecule has 1 aliphatic heterocycles. The molecule has 1 heterocycles. The minimum atomic E-state index is -3.65. The quantitative estimate of drug-likeness (QED) is 0.704. The van der Waals surface area contributed by atoms with E-state index in [-0.39, 0.29) is 17.2 Å². The van der Waals surface area contributed by atoms with Gasteiger partial charge in [-0.3, -0.25) is 4.79 Å². The van der Waals surface area contributed by atoms with E-state index in [4.69, 9.17) is 10.5 Å². The minimum Gasteiger partial charge on any atom is -0.379 e. The maximum absolute atomic E-state index is 12.2. The number of nitrogens with one attached hydrogen (secondary N) is 2. The summed E-state index contributed by atoms with van der Waals surface area (Å²) in [5.74, 6) is -0.450. The molecule has 0 spiro atoms. The molecular weight excluding hydrogens is 282 g/mol. The van der Waals surface area contributed by atoms with Gasteiger partial charge in [-0.15, -0.1) is 0 Å². The summed E-state index contributed by atoms with van der Waals surface area (Å²) in [7, 11) is -2.35. The Labute approximate surface area is 117 Å². The van der Waals surface area contributed by atoms with Gasteiger partial charge in [0, 0.05) is 6.61 Å². The van der Waals surface area contributed by atoms with Gasteiger partial charge < -0.3 is 15.8 Å². The first kappa shape index (κ1) is 14.9. The van der Waals surface area contributed by atoms with Crippen LogP contribution in [0, 0.1) is 0 Å². The number of para-hydroxylation sites is 1. The van der Waals surface area contributed by atoms with Crippen LogP contribution in [0.4, 0.5) is 5.69 Å². The number of carbonyl (C=O) groups is 1. The zero-order chi connectivity index (χ0) is 14.8. The van der Waals surface area contributed by atoms with Gasteiger partial charge in [-0.1, -0.05) is 12.1 Å². The van der Waals surface area contributed by atoms with Gasteiger partial charge in [0.2, 0.25) is 15.9 Å². The molecule has 1 aromatic carbocycles. The zero-order valence-electron chi connectivity index (χ0n) is 11.0. The van der Waals surface area contributed by atoms with E-state index < -0.39 is 21.5 Å². The Bertz CT molecular complexity index is 609. The molecule has 1 atom stereocenters. The standard InChI is InChI=1S/C12H17N3O4S/c1-14-20(17,18)10-5-3-2-4-9(10)15-11(16)12(13)6-7-19-8-12/h2-5,14H,6-8,13H2,1H3,(H,15,16). The fourth-order valence-corrected chi connectivity index (χ4v) is 2.81. The number of amides is 1. The summed E-state index contributed by atoms with van der Waals surface area (Å²) < 4.78 is 31.1. The normalized spacial score (nSPS) is 22.7. The van der Waals surface area contributed by atoms with E-state index in [2.05, 4.69) is 10.0 Å². The number of ether oxygens (including phenoxy) is 1. The van der Waals surface area contributed by atoms with E-state index >= 15 is 0 Å². The Hall–Kier alpha value is -1.48. The molecule has 1 unspecified atom stereocenters. The van der Waals surface area contributed by atoms with Crippen LogP contribution >= 0.6 is 0 Å². The molecule has 1 fully saturated rings. The lowest BCUT2D eigenvalue weighted by Crippen LogP contribution is -2.51. The summed E-state index contributed by atoms with van der Waals surface area (Å²) in [5, 5.41) is 2.57. The third-order valence-corrected chi connectivity index (χ3v) is 4.67. The molecule has 0 bridgehead atoms. The van der Waals surface area contributed by atoms with Crippen molar-refractivity contribution in [2.24, 2.45) is 5.73 Å². The van der Waals surface area contributed by atoms with Crippen LogP contribution in [0.2, 0.25) is 0 Å². The van der Waals surface area contributed by atoms with Crippen molar-refractivity contribution in [1.29, 1.82) is 0 Å². The third kappa shape index (κ3) is 2.83. The van der Waals surface area contributed by atoms with E-state index in [0.29, 0.717) is 13.0 Å². The van der Waals surface area contributed by atoms with Crippen LogP contribution in [0.5, 0.6) is 0 Å². The number of sulfonamides is 1. The predicted octanol–water partition coefficient (Wildman–Crippen LogP) is -0.349. The van der Waals surface area contributed by atoms with Crippen molar-refractivity contribution in [1.82, 2.24) is 4.72 Å². The lowest BCUT2D eigenvalue weighted by Gasteiger charge is -2.21. The van der Waals surface area contributed by atoms with Gasteiger partial charge in [0.05, 0.1) is 12.3 Å². The smallest absolute Gasteiger partial charge is 0.246 e. The lowest BCUT2D eigenvalue weighted by atomic mass is 9.99. The molecule has 0 aliphatic carbocycles. The minimum absolute atomic E-state index is 0.00151. The van der Waals surface area contributed by atoms with Crippen molar-refractivity contribution >= 4 is 21.6 Å². The van der Waals surface area contributed by atoms with Crippen LogP contribution in [-0.2, 0) is 19.6 Å². The molecule has 0 saturated carbocycles. The SMILES string of the molecule is CNS(=O)(=O)c1ccccc1NC(=O)C1(N)CCOC1. The number of anilines is 1. The van der Waals surface area contributed by atoms with Gasteiger partial charge in [0.15, 0.2) is 0 Å². The topological polar surface area (TPSA) is 111 Å². The largest absolute Gasteiger partial charge is 0.379 e. The number of hydrogen-bond acceptors (Lipinski definition) is 5. The molecule has 1 saturated heterocycles. The molecule has 4 N–H and O–H groups in total. The Morgan fingerprint density at radius 1 is 1.40 bits per heavy atom. The van der Waals surface area contributed by atoms with Crippen molar-refractivity contribution < 1.29 is 17.9 Å². The average molecular weight is 299 g/mol. The lowest BCUT2D eigenvalue weighted by molar-refractivity contribution is -0.121. The van der Waals surface area contributed by atoms with E-state index in [1.807, 2.05) is 0 Å². The molecule has 0 aromatic heterocycles. The summed E-state index contributed by atoms with van der Waals surface area (Å²) in [5.41, 5.74) is 5.02. The Morgan fingerprint density at radius 3 is 2.70 bits per heavy atom. The Kier molecular flexibility index (Phi) is 4.09. The highest BCUT2D eigenvalue weighted by atomic mass is 32.2. The molecule has 20 heavy (non-hydrogen) atoms. The summed E-state index contributed by atoms with van der Waals surface area (Å²) in [6.07, 6.45) is 0.403. The highest BCUT2D eigenvalue weighted by molar-refractivity contribution is 7.89. The highest BCUT2D eigenvalue weighted by Crippen LogP contribution is 2.23. The van der Waals surface area contributed by atoms with Crippen LogP contribution in [0.15, 0.2) is 29.2 Å². The van der Waals surface area contributed by atoms with Crippen LogP contribution in [0.1, 0.15) is 6.42 Å². The molecule has 0 radical (unpaired) electrons. The van der Waals surface area contributed by atoms with Gasteiger partial charge in [0.25, 0.3) is 0 Å². The van der Waals surface area contributed by atoms with E-state index in [9.17, 15) is 13.2 Å². The molecule has 8 heteroatoms. The zero-order valence-corrected chi connectivity index (χ0v) is 11.9. The molecule has 7 nitrogen and oxygen atoms in total. The van der Waals surface area contributed by atoms with E-state index in [1.165, 1.54) is 19.2 Å². The molecule has 2 rings (SSSR count). The molecule has 110 valence electrons. The maximum atomic E-state index is 12.2. The van der Waals surface area contributed by atoms with Crippen LogP contribution in [-0.4, -0.2) is 40.1 Å². The second-order valence-corrected chi connectivity index (χ2v) is 6.47. The predicted molar refractivity (Wildman–Crippen MR) is 73.7 cm³/mol. The average Bonchev–Trinajstić information content (AvgIpc) is 2.87. The molecule has 1 aromatic rings. The first-order valence-corrected chi connectivity index (χ1v) is 7.58. The Balaban J connectivity index is 2.29. The van der Waals surface area contributed by atoms with Gasteiger partial charge in [-0.25, -0.2) is 13.1 Å². The first-order chi connectivity index (χ1) is 9.39. The van der Waals surface area contributed by atoms with Gasteiger partial charge >= 0.3 is 0 Å². The van der Waals surface area contributed by atoms with Crippen molar-refractivity contribution in [2.75, 3.05) is 25.6 Å². The second-order valence-electron chi connectivity index (χ2n) is 4.62. The number of nitrogens with two attached hydrogens (primary N) is 1. The van der Waals surface area contributed by atoms with E-state index in [0.717, 1.165) is 0 Å². The van der Waals surface area contributed by atoms with Crippen LogP contribution in [0.25, 0.3) is 0 Å². The van der Waals surface area contributed by atoms with E-state index in [1.54, 1.807) is 12.1 Å². The van der Waals surface area contributed by atoms with Crippen molar-refractivity contribution in [2.45, 2.75) is 16.9 Å². The van der Waals surface area contributed by atoms with Crippen molar-refractivity contribution in [3.63, 3.8) is 0 Å². The number of carbonyl (C=O) groups excluding carboxylic acids is 1. The molecular formula is C12H17N3O4S. The summed E-state index contributed by atoms with van der Waals surface area (Å²) >= 11 is 0. The summed E-state index contributed by atoms with van der Waals surface area (Å²) in [4.78, 5) is 12.2. The number of rotatable bonds is 4. The first-order valence-electron chi connectivity index (χ1n) is 6.10.